The number of hydrogen-bond acceptors (Lipinski definition) is 5. The highest BCUT2D eigenvalue weighted by Gasteiger charge is 2.30. The van der Waals surface area contributed by atoms with E-state index in [-0.39, 0.29) is 6.09 Å². The number of nitrogens with zero attached hydrogens (tertiary/aromatic N) is 3. The van der Waals surface area contributed by atoms with Gasteiger partial charge in [0, 0.05) is 45.1 Å². The molecule has 0 bridgehead atoms. The van der Waals surface area contributed by atoms with E-state index in [0.29, 0.717) is 6.04 Å². The molecular weight excluding hydrogens is 282 g/mol. The van der Waals surface area contributed by atoms with Gasteiger partial charge in [-0.2, -0.15) is 0 Å². The summed E-state index contributed by atoms with van der Waals surface area (Å²) in [6, 6.07) is 0.572. The van der Waals surface area contributed by atoms with Crippen molar-refractivity contribution < 1.29 is 14.4 Å². The van der Waals surface area contributed by atoms with E-state index >= 15 is 0 Å². The maximum atomic E-state index is 12.1. The van der Waals surface area contributed by atoms with E-state index in [9.17, 15) is 4.79 Å². The summed E-state index contributed by atoms with van der Waals surface area (Å²) in [6.07, 6.45) is 3.84. The van der Waals surface area contributed by atoms with Crippen molar-refractivity contribution >= 4 is 11.8 Å². The summed E-state index contributed by atoms with van der Waals surface area (Å²) in [7, 11) is 1.60. The number of carbonyl (C=O) groups excluding carboxylic acids is 1. The van der Waals surface area contributed by atoms with Crippen molar-refractivity contribution in [3.63, 3.8) is 0 Å². The number of hydrogen-bond donors (Lipinski definition) is 0. The lowest BCUT2D eigenvalue weighted by Crippen LogP contribution is -2.49. The molecule has 2 saturated heterocycles. The quantitative estimate of drug-likeness (QED) is 0.735. The number of likely N-dealkylation sites (tertiary alicyclic amines) is 2. The third-order valence-electron chi connectivity index (χ3n) is 4.23. The molecule has 0 spiro atoms. The molecule has 0 aromatic rings. The third kappa shape index (κ3) is 4.87. The third-order valence-corrected chi connectivity index (χ3v) is 4.23. The van der Waals surface area contributed by atoms with E-state index in [1.807, 2.05) is 25.7 Å². The molecular formula is C16H29N3O3. The number of carbonyl (C=O) groups is 1. The molecule has 0 aliphatic carbocycles. The minimum Gasteiger partial charge on any atom is -0.444 e. The maximum Gasteiger partial charge on any atom is 0.410 e. The molecule has 0 unspecified atom stereocenters. The highest BCUT2D eigenvalue weighted by Crippen LogP contribution is 2.21. The van der Waals surface area contributed by atoms with Crippen molar-refractivity contribution in [1.29, 1.82) is 0 Å². The Morgan fingerprint density at radius 2 is 1.73 bits per heavy atom. The first-order valence-corrected chi connectivity index (χ1v) is 8.20. The van der Waals surface area contributed by atoms with E-state index in [0.717, 1.165) is 57.6 Å². The minimum atomic E-state index is -0.419. The Balaban J connectivity index is 1.76. The van der Waals surface area contributed by atoms with Gasteiger partial charge in [0.1, 0.15) is 12.7 Å². The van der Waals surface area contributed by atoms with Crippen molar-refractivity contribution in [2.45, 2.75) is 58.1 Å². The van der Waals surface area contributed by atoms with Gasteiger partial charge in [-0.05, 0) is 33.6 Å². The second-order valence-electron chi connectivity index (χ2n) is 7.07. The summed E-state index contributed by atoms with van der Waals surface area (Å²) < 4.78 is 5.44. The number of ether oxygens (including phenoxy) is 1. The number of rotatable bonds is 2. The first-order chi connectivity index (χ1) is 10.4. The Kier molecular flexibility index (Phi) is 5.67. The molecule has 0 aromatic carbocycles. The molecule has 2 aliphatic heterocycles. The van der Waals surface area contributed by atoms with Crippen molar-refractivity contribution in [3.8, 4) is 0 Å². The Morgan fingerprint density at radius 1 is 1.14 bits per heavy atom. The molecule has 6 nitrogen and oxygen atoms in total. The summed E-state index contributed by atoms with van der Waals surface area (Å²) >= 11 is 0. The lowest BCUT2D eigenvalue weighted by molar-refractivity contribution is 0.0142. The minimum absolute atomic E-state index is 0.181. The van der Waals surface area contributed by atoms with Crippen LogP contribution in [0, 0.1) is 0 Å². The Labute approximate surface area is 133 Å². The highest BCUT2D eigenvalue weighted by atomic mass is 16.6. The smallest absolute Gasteiger partial charge is 0.410 e. The maximum absolute atomic E-state index is 12.1. The van der Waals surface area contributed by atoms with Crippen molar-refractivity contribution in [1.82, 2.24) is 9.80 Å². The van der Waals surface area contributed by atoms with Gasteiger partial charge in [0.25, 0.3) is 0 Å². The van der Waals surface area contributed by atoms with Gasteiger partial charge in [-0.1, -0.05) is 5.16 Å². The van der Waals surface area contributed by atoms with Gasteiger partial charge in [-0.3, -0.25) is 4.90 Å². The SMILES string of the molecule is CON=C1CCN(C2CCN(C(=O)OC(C)(C)C)CC2)CC1. The van der Waals surface area contributed by atoms with Gasteiger partial charge in [0.2, 0.25) is 0 Å². The van der Waals surface area contributed by atoms with Crippen LogP contribution in [-0.4, -0.2) is 66.5 Å². The van der Waals surface area contributed by atoms with Crippen LogP contribution >= 0.6 is 0 Å². The van der Waals surface area contributed by atoms with Crippen LogP contribution < -0.4 is 0 Å². The average Bonchev–Trinajstić information content (AvgIpc) is 2.47. The standard InChI is InChI=1S/C16H29N3O3/c1-16(2,3)22-15(20)19-11-7-14(8-12-19)18-9-5-13(6-10-18)17-21-4/h14H,5-12H2,1-4H3. The van der Waals surface area contributed by atoms with Gasteiger partial charge in [-0.15, -0.1) is 0 Å². The molecule has 2 rings (SSSR count). The number of piperidine rings is 2. The largest absolute Gasteiger partial charge is 0.444 e. The highest BCUT2D eigenvalue weighted by molar-refractivity contribution is 5.84. The van der Waals surface area contributed by atoms with Crippen LogP contribution in [0.5, 0.6) is 0 Å². The molecule has 2 fully saturated rings. The molecule has 0 aromatic heterocycles. The summed E-state index contributed by atoms with van der Waals surface area (Å²) in [4.78, 5) is 21.3. The summed E-state index contributed by atoms with van der Waals surface area (Å²) in [5.74, 6) is 0. The molecule has 22 heavy (non-hydrogen) atoms. The Bertz CT molecular complexity index is 399. The lowest BCUT2D eigenvalue weighted by atomic mass is 9.99. The summed E-state index contributed by atoms with van der Waals surface area (Å²) in [6.45, 7) is 9.38. The predicted molar refractivity (Wildman–Crippen MR) is 86.1 cm³/mol. The van der Waals surface area contributed by atoms with Crippen molar-refractivity contribution in [2.75, 3.05) is 33.3 Å². The van der Waals surface area contributed by atoms with Crippen LogP contribution in [0.1, 0.15) is 46.5 Å². The second kappa shape index (κ2) is 7.31. The zero-order valence-electron chi connectivity index (χ0n) is 14.3. The van der Waals surface area contributed by atoms with Crippen LogP contribution in [0.2, 0.25) is 0 Å². The molecule has 0 radical (unpaired) electrons. The van der Waals surface area contributed by atoms with Crippen LogP contribution in [0.3, 0.4) is 0 Å². The fourth-order valence-corrected chi connectivity index (χ4v) is 3.11. The van der Waals surface area contributed by atoms with E-state index < -0.39 is 5.60 Å². The fraction of sp³-hybridized carbons (Fsp3) is 0.875. The topological polar surface area (TPSA) is 54.4 Å². The van der Waals surface area contributed by atoms with Gasteiger partial charge in [0.15, 0.2) is 0 Å². The Hall–Kier alpha value is -1.30. The first kappa shape index (κ1) is 17.1. The average molecular weight is 311 g/mol. The molecule has 2 heterocycles. The number of amides is 1. The lowest BCUT2D eigenvalue weighted by Gasteiger charge is -2.40. The van der Waals surface area contributed by atoms with Crippen molar-refractivity contribution in [2.24, 2.45) is 5.16 Å². The van der Waals surface area contributed by atoms with Gasteiger partial charge >= 0.3 is 6.09 Å². The number of oxime groups is 1. The molecule has 1 amide bonds. The van der Waals surface area contributed by atoms with E-state index in [4.69, 9.17) is 9.57 Å². The zero-order valence-corrected chi connectivity index (χ0v) is 14.3. The molecule has 126 valence electrons. The fourth-order valence-electron chi connectivity index (χ4n) is 3.11. The molecule has 2 aliphatic rings. The van der Waals surface area contributed by atoms with Crippen LogP contribution in [0.15, 0.2) is 5.16 Å². The van der Waals surface area contributed by atoms with E-state index in [1.165, 1.54) is 0 Å². The molecule has 0 saturated carbocycles. The van der Waals surface area contributed by atoms with E-state index in [1.54, 1.807) is 7.11 Å². The zero-order chi connectivity index (χ0) is 16.2. The molecule has 0 atom stereocenters. The Morgan fingerprint density at radius 3 is 2.23 bits per heavy atom. The second-order valence-corrected chi connectivity index (χ2v) is 7.07. The summed E-state index contributed by atoms with van der Waals surface area (Å²) in [5, 5.41) is 4.05. The van der Waals surface area contributed by atoms with Crippen LogP contribution in [0.4, 0.5) is 4.79 Å². The van der Waals surface area contributed by atoms with Gasteiger partial charge in [-0.25, -0.2) is 4.79 Å². The van der Waals surface area contributed by atoms with Crippen molar-refractivity contribution in [3.05, 3.63) is 0 Å². The first-order valence-electron chi connectivity index (χ1n) is 8.20. The van der Waals surface area contributed by atoms with Crippen LogP contribution in [-0.2, 0) is 9.57 Å². The molecule has 6 heteroatoms. The van der Waals surface area contributed by atoms with Gasteiger partial charge in [0.05, 0.1) is 5.71 Å². The molecule has 0 N–H and O–H groups in total. The predicted octanol–water partition coefficient (Wildman–Crippen LogP) is 2.48. The van der Waals surface area contributed by atoms with Crippen LogP contribution in [0.25, 0.3) is 0 Å². The monoisotopic (exact) mass is 311 g/mol. The normalized spacial score (nSPS) is 21.6. The van der Waals surface area contributed by atoms with E-state index in [2.05, 4.69) is 10.1 Å². The van der Waals surface area contributed by atoms with Gasteiger partial charge < -0.3 is 14.5 Å². The summed E-state index contributed by atoms with van der Waals surface area (Å²) in [5.41, 5.74) is 0.739.